The van der Waals surface area contributed by atoms with Gasteiger partial charge in [-0.2, -0.15) is 9.59 Å². The SMILES string of the molecule is C.CCCC.CC[C@H](C)C(=O)N1CCC(NC(=O)Nc2ccc(C)c(F)c2)CC1.Cc1ccc(NC(=O)NC2CCNCC2)cc1F.ClCCl.O=C=O.[2HH]. The van der Waals surface area contributed by atoms with E-state index in [1.54, 1.807) is 38.1 Å². The van der Waals surface area contributed by atoms with Gasteiger partial charge >= 0.3 is 18.2 Å². The number of urea groups is 2. The molecule has 4 rings (SSSR count). The van der Waals surface area contributed by atoms with E-state index in [1.165, 1.54) is 25.0 Å². The molecule has 2 aliphatic heterocycles. The minimum atomic E-state index is -0.343. The Kier molecular flexibility index (Phi) is 29.7. The zero-order chi connectivity index (χ0) is 39.5. The van der Waals surface area contributed by atoms with Crippen LogP contribution in [0.4, 0.5) is 29.7 Å². The Bertz CT molecular complexity index is 1380. The van der Waals surface area contributed by atoms with Crippen LogP contribution in [0.15, 0.2) is 36.4 Å². The maximum absolute atomic E-state index is 13.5. The average Bonchev–Trinajstić information content (AvgIpc) is 3.12. The first-order valence-corrected chi connectivity index (χ1v) is 18.6. The first-order chi connectivity index (χ1) is 24.8. The summed E-state index contributed by atoms with van der Waals surface area (Å²) >= 11 is 9.53. The van der Waals surface area contributed by atoms with Gasteiger partial charge in [-0.15, -0.1) is 23.2 Å². The van der Waals surface area contributed by atoms with Gasteiger partial charge in [0.2, 0.25) is 5.91 Å². The Morgan fingerprint density at radius 3 is 1.55 bits per heavy atom. The summed E-state index contributed by atoms with van der Waals surface area (Å²) in [4.78, 5) is 54.0. The molecule has 5 amide bonds. The standard InChI is InChI=1S/C18H26FN3O2.C13H18FN3O.C4H10.CH2Cl2.CO2.CH4.H2/c1-4-12(2)17(23)22-9-7-14(8-10-22)20-18(24)21-15-6-5-13(3)16(19)11-15;1-9-2-3-11(8-12(9)14)17-13(18)16-10-4-6-15-7-5-10;1-3-4-2;2*2-1-3;;/h5-6,11-12,14H,4,7-10H2,1-3H3,(H2,20,21,24);2-3,8,10,15H,4-7H2,1H3,(H2,16,17,18);3-4H2,1-2H3;1H2;;1H4;1H/t12-;;;;;;/m0....../s1/i;;;;;;1+1. The molecule has 11 nitrogen and oxygen atoms in total. The molecule has 302 valence electrons. The fourth-order valence-corrected chi connectivity index (χ4v) is 4.74. The molecule has 2 aromatic carbocycles. The van der Waals surface area contributed by atoms with Gasteiger partial charge in [0.05, 0.1) is 5.34 Å². The van der Waals surface area contributed by atoms with Gasteiger partial charge < -0.3 is 31.5 Å². The average molecular weight is 793 g/mol. The van der Waals surface area contributed by atoms with Crippen LogP contribution in [-0.2, 0) is 14.4 Å². The summed E-state index contributed by atoms with van der Waals surface area (Å²) in [5.74, 6) is -0.413. The maximum Gasteiger partial charge on any atom is 0.373 e. The summed E-state index contributed by atoms with van der Waals surface area (Å²) in [6.45, 7) is 14.8. The number of alkyl halides is 2. The van der Waals surface area contributed by atoms with E-state index < -0.39 is 0 Å². The molecule has 2 aromatic rings. The van der Waals surface area contributed by atoms with Crippen molar-refractivity contribution in [2.75, 3.05) is 42.2 Å². The van der Waals surface area contributed by atoms with Crippen molar-refractivity contribution in [3.8, 4) is 0 Å². The number of nitrogens with one attached hydrogen (secondary N) is 5. The molecular formula is C38H62Cl2F2N6O5. The van der Waals surface area contributed by atoms with Crippen molar-refractivity contribution in [2.45, 2.75) is 106 Å². The lowest BCUT2D eigenvalue weighted by Crippen LogP contribution is -2.48. The Balaban J connectivity index is -0.000000765. The number of anilines is 2. The van der Waals surface area contributed by atoms with Gasteiger partial charge in [-0.1, -0.05) is 60.1 Å². The number of benzene rings is 2. The summed E-state index contributed by atoms with van der Waals surface area (Å²) in [6.07, 6.45) is 7.05. The lowest BCUT2D eigenvalue weighted by atomic mass is 10.0. The topological polar surface area (TPSA) is 149 Å². The summed E-state index contributed by atoms with van der Waals surface area (Å²) in [5, 5.41) is 14.5. The third-order valence-electron chi connectivity index (χ3n) is 8.21. The minimum Gasteiger partial charge on any atom is -0.342 e. The monoisotopic (exact) mass is 791 g/mol. The molecule has 0 spiro atoms. The molecule has 1 atom stereocenters. The zero-order valence-electron chi connectivity index (χ0n) is 31.2. The number of hydrogen-bond acceptors (Lipinski definition) is 6. The van der Waals surface area contributed by atoms with E-state index in [-0.39, 0.29) is 67.9 Å². The highest BCUT2D eigenvalue weighted by molar-refractivity contribution is 6.40. The maximum atomic E-state index is 13.5. The fourth-order valence-electron chi connectivity index (χ4n) is 4.74. The molecule has 0 aliphatic carbocycles. The predicted molar refractivity (Wildman–Crippen MR) is 213 cm³/mol. The zero-order valence-corrected chi connectivity index (χ0v) is 32.7. The predicted octanol–water partition coefficient (Wildman–Crippen LogP) is 8.83. The summed E-state index contributed by atoms with van der Waals surface area (Å²) in [7, 11) is 0. The summed E-state index contributed by atoms with van der Waals surface area (Å²) in [6, 6.07) is 8.89. The van der Waals surface area contributed by atoms with E-state index in [9.17, 15) is 23.2 Å². The highest BCUT2D eigenvalue weighted by Gasteiger charge is 2.26. The van der Waals surface area contributed by atoms with Gasteiger partial charge in [0.1, 0.15) is 11.6 Å². The van der Waals surface area contributed by atoms with Crippen LogP contribution in [0.1, 0.15) is 92.6 Å². The second-order valence-corrected chi connectivity index (χ2v) is 13.1. The van der Waals surface area contributed by atoms with Crippen LogP contribution in [0.25, 0.3) is 0 Å². The van der Waals surface area contributed by atoms with Crippen molar-refractivity contribution in [3.05, 3.63) is 59.2 Å². The first-order valence-electron chi connectivity index (χ1n) is 17.6. The lowest BCUT2D eigenvalue weighted by molar-refractivity contribution is -0.191. The summed E-state index contributed by atoms with van der Waals surface area (Å²) < 4.78 is 26.8. The van der Waals surface area contributed by atoms with Gasteiger partial charge in [0, 0.05) is 43.9 Å². The Morgan fingerprint density at radius 2 is 1.21 bits per heavy atom. The quantitative estimate of drug-likeness (QED) is 0.177. The number of aryl methyl sites for hydroxylation is 2. The number of unbranched alkanes of at least 4 members (excludes halogenated alkanes) is 1. The molecule has 0 unspecified atom stereocenters. The van der Waals surface area contributed by atoms with Gasteiger partial charge in [0.25, 0.3) is 0 Å². The molecule has 0 saturated carbocycles. The number of rotatable bonds is 7. The molecule has 53 heavy (non-hydrogen) atoms. The van der Waals surface area contributed by atoms with Crippen LogP contribution >= 0.6 is 23.2 Å². The molecule has 15 heteroatoms. The van der Waals surface area contributed by atoms with Crippen molar-refractivity contribution >= 4 is 58.7 Å². The van der Waals surface area contributed by atoms with Gasteiger partial charge in [-0.3, -0.25) is 4.79 Å². The molecule has 0 aromatic heterocycles. The third kappa shape index (κ3) is 22.8. The van der Waals surface area contributed by atoms with E-state index in [2.05, 4.69) is 40.4 Å². The largest absolute Gasteiger partial charge is 0.373 e. The van der Waals surface area contributed by atoms with Gasteiger partial charge in [0.15, 0.2) is 0 Å². The number of carbonyl (C=O) groups is 3. The second-order valence-electron chi connectivity index (χ2n) is 12.2. The second kappa shape index (κ2) is 30.7. The molecular weight excluding hydrogens is 729 g/mol. The first kappa shape index (κ1) is 51.3. The van der Waals surface area contributed by atoms with Crippen LogP contribution in [0.5, 0.6) is 0 Å². The van der Waals surface area contributed by atoms with Crippen LogP contribution in [0.2, 0.25) is 0 Å². The van der Waals surface area contributed by atoms with E-state index in [4.69, 9.17) is 32.8 Å². The third-order valence-corrected chi connectivity index (χ3v) is 8.21. The fraction of sp³-hybridized carbons (Fsp3) is 0.579. The number of halogens is 4. The molecule has 0 radical (unpaired) electrons. The Labute approximate surface area is 326 Å². The highest BCUT2D eigenvalue weighted by atomic mass is 35.5. The molecule has 2 fully saturated rings. The lowest BCUT2D eigenvalue weighted by Gasteiger charge is -2.33. The number of piperidine rings is 2. The number of likely N-dealkylation sites (tertiary alicyclic amines) is 1. The smallest absolute Gasteiger partial charge is 0.342 e. The molecule has 5 N–H and O–H groups in total. The van der Waals surface area contributed by atoms with E-state index in [1.807, 2.05) is 18.7 Å². The van der Waals surface area contributed by atoms with Crippen LogP contribution in [0, 0.1) is 31.4 Å². The highest BCUT2D eigenvalue weighted by Crippen LogP contribution is 2.17. The normalized spacial score (nSPS) is 14.1. The number of carbonyl (C=O) groups excluding carboxylic acids is 5. The molecule has 2 saturated heterocycles. The number of hydrogen-bond donors (Lipinski definition) is 5. The Morgan fingerprint density at radius 1 is 0.830 bits per heavy atom. The van der Waals surface area contributed by atoms with Crippen molar-refractivity contribution in [1.82, 2.24) is 20.9 Å². The van der Waals surface area contributed by atoms with Gasteiger partial charge in [-0.05, 0) is 94.4 Å². The van der Waals surface area contributed by atoms with Crippen molar-refractivity contribution < 1.29 is 34.2 Å². The van der Waals surface area contributed by atoms with Gasteiger partial charge in [-0.25, -0.2) is 18.4 Å². The number of amides is 5. The van der Waals surface area contributed by atoms with Crippen molar-refractivity contribution in [2.24, 2.45) is 5.92 Å². The Hall–Kier alpha value is -3.77. The van der Waals surface area contributed by atoms with E-state index >= 15 is 0 Å². The van der Waals surface area contributed by atoms with Crippen LogP contribution in [0.3, 0.4) is 0 Å². The van der Waals surface area contributed by atoms with E-state index in [0.717, 1.165) is 45.2 Å². The number of nitrogens with zero attached hydrogens (tertiary/aromatic N) is 1. The molecule has 0 bridgehead atoms. The van der Waals surface area contributed by atoms with Crippen LogP contribution in [-0.4, -0.2) is 72.6 Å². The van der Waals surface area contributed by atoms with Crippen molar-refractivity contribution in [3.63, 3.8) is 0 Å². The van der Waals surface area contributed by atoms with Crippen LogP contribution < -0.4 is 26.6 Å². The molecule has 2 aliphatic rings. The summed E-state index contributed by atoms with van der Waals surface area (Å²) in [5.41, 5.74) is 2.02. The van der Waals surface area contributed by atoms with E-state index in [0.29, 0.717) is 35.6 Å². The van der Waals surface area contributed by atoms with Crippen molar-refractivity contribution in [1.29, 1.82) is 0 Å². The minimum absolute atomic E-state index is 0. The molecule has 2 heterocycles.